The van der Waals surface area contributed by atoms with E-state index in [1.807, 2.05) is 22.8 Å². The van der Waals surface area contributed by atoms with Crippen molar-refractivity contribution in [3.8, 4) is 0 Å². The van der Waals surface area contributed by atoms with E-state index < -0.39 is 5.91 Å². The average Bonchev–Trinajstić information content (AvgIpc) is 2.99. The van der Waals surface area contributed by atoms with Gasteiger partial charge in [0, 0.05) is 29.6 Å². The van der Waals surface area contributed by atoms with Gasteiger partial charge in [0.05, 0.1) is 0 Å². The Bertz CT molecular complexity index is 1020. The van der Waals surface area contributed by atoms with Gasteiger partial charge in [-0.25, -0.2) is 0 Å². The van der Waals surface area contributed by atoms with Crippen molar-refractivity contribution in [1.29, 1.82) is 0 Å². The highest BCUT2D eigenvalue weighted by atomic mass is 16.2. The van der Waals surface area contributed by atoms with Crippen molar-refractivity contribution in [3.05, 3.63) is 65.4 Å². The minimum atomic E-state index is -0.471. The van der Waals surface area contributed by atoms with Crippen LogP contribution in [0.25, 0.3) is 10.9 Å². The van der Waals surface area contributed by atoms with Gasteiger partial charge in [-0.05, 0) is 40.8 Å². The van der Waals surface area contributed by atoms with Crippen molar-refractivity contribution in [1.82, 2.24) is 4.57 Å². The van der Waals surface area contributed by atoms with E-state index in [1.54, 1.807) is 13.0 Å². The molecule has 0 aliphatic rings. The van der Waals surface area contributed by atoms with Crippen LogP contribution in [0.2, 0.25) is 0 Å². The molecule has 3 aromatic rings. The van der Waals surface area contributed by atoms with E-state index in [2.05, 4.69) is 50.4 Å². The number of fused-ring (bicyclic) bond motifs is 1. The zero-order chi connectivity index (χ0) is 20.5. The first-order valence-corrected chi connectivity index (χ1v) is 9.51. The Labute approximate surface area is 165 Å². The van der Waals surface area contributed by atoms with E-state index >= 15 is 0 Å². The molecule has 0 spiro atoms. The van der Waals surface area contributed by atoms with Crippen molar-refractivity contribution in [3.63, 3.8) is 0 Å². The highest BCUT2D eigenvalue weighted by Crippen LogP contribution is 2.26. The van der Waals surface area contributed by atoms with E-state index in [0.29, 0.717) is 24.3 Å². The SMILES string of the molecule is CCC(=O)Nc1ccc2c(c1)cc(C(N)=O)n2Cc1ccc(C(C)(C)C)cc1. The third-order valence-corrected chi connectivity index (χ3v) is 4.92. The van der Waals surface area contributed by atoms with Gasteiger partial charge in [-0.1, -0.05) is 52.0 Å². The summed E-state index contributed by atoms with van der Waals surface area (Å²) in [4.78, 5) is 23.7. The number of rotatable bonds is 5. The molecule has 0 unspecified atom stereocenters. The second kappa shape index (κ2) is 7.50. The first kappa shape index (κ1) is 19.7. The number of nitrogens with two attached hydrogens (primary N) is 1. The lowest BCUT2D eigenvalue weighted by Gasteiger charge is -2.19. The van der Waals surface area contributed by atoms with Crippen LogP contribution in [0.3, 0.4) is 0 Å². The maximum Gasteiger partial charge on any atom is 0.265 e. The number of benzene rings is 2. The zero-order valence-corrected chi connectivity index (χ0v) is 16.9. The summed E-state index contributed by atoms with van der Waals surface area (Å²) in [5, 5.41) is 3.72. The maximum absolute atomic E-state index is 12.0. The highest BCUT2D eigenvalue weighted by molar-refractivity contribution is 6.00. The molecular formula is C23H27N3O2. The largest absolute Gasteiger partial charge is 0.364 e. The van der Waals surface area contributed by atoms with Crippen molar-refractivity contribution >= 4 is 28.4 Å². The van der Waals surface area contributed by atoms with E-state index in [0.717, 1.165) is 16.5 Å². The lowest BCUT2D eigenvalue weighted by Crippen LogP contribution is -2.17. The zero-order valence-electron chi connectivity index (χ0n) is 16.9. The fourth-order valence-corrected chi connectivity index (χ4v) is 3.27. The topological polar surface area (TPSA) is 77.1 Å². The van der Waals surface area contributed by atoms with Gasteiger partial charge >= 0.3 is 0 Å². The summed E-state index contributed by atoms with van der Waals surface area (Å²) in [7, 11) is 0. The summed E-state index contributed by atoms with van der Waals surface area (Å²) < 4.78 is 1.93. The molecule has 28 heavy (non-hydrogen) atoms. The summed E-state index contributed by atoms with van der Waals surface area (Å²) in [5.41, 5.74) is 10.1. The van der Waals surface area contributed by atoms with Gasteiger partial charge in [0.2, 0.25) is 5.91 Å². The molecule has 2 aromatic carbocycles. The predicted octanol–water partition coefficient (Wildman–Crippen LogP) is 4.43. The Morgan fingerprint density at radius 2 is 1.71 bits per heavy atom. The minimum absolute atomic E-state index is 0.0483. The number of primary amides is 1. The maximum atomic E-state index is 12.0. The smallest absolute Gasteiger partial charge is 0.265 e. The van der Waals surface area contributed by atoms with Crippen LogP contribution in [-0.4, -0.2) is 16.4 Å². The molecule has 146 valence electrons. The summed E-state index contributed by atoms with van der Waals surface area (Å²) in [6, 6.07) is 15.8. The molecule has 5 heteroatoms. The standard InChI is InChI=1S/C23H27N3O2/c1-5-21(27)25-18-10-11-19-16(12-18)13-20(22(24)28)26(19)14-15-6-8-17(9-7-15)23(2,3)4/h6-13H,5,14H2,1-4H3,(H2,24,28)(H,25,27). The Kier molecular flexibility index (Phi) is 5.27. The monoisotopic (exact) mass is 377 g/mol. The summed E-state index contributed by atoms with van der Waals surface area (Å²) >= 11 is 0. The molecule has 0 aliphatic heterocycles. The predicted molar refractivity (Wildman–Crippen MR) is 114 cm³/mol. The van der Waals surface area contributed by atoms with E-state index in [4.69, 9.17) is 5.73 Å². The molecule has 5 nitrogen and oxygen atoms in total. The molecule has 0 saturated carbocycles. The van der Waals surface area contributed by atoms with Gasteiger partial charge in [-0.3, -0.25) is 9.59 Å². The van der Waals surface area contributed by atoms with Crippen LogP contribution in [-0.2, 0) is 16.8 Å². The van der Waals surface area contributed by atoms with Gasteiger partial charge in [-0.15, -0.1) is 0 Å². The molecule has 0 fully saturated rings. The Morgan fingerprint density at radius 3 is 2.29 bits per heavy atom. The molecule has 0 atom stereocenters. The molecule has 1 aromatic heterocycles. The van der Waals surface area contributed by atoms with E-state index in [-0.39, 0.29) is 11.3 Å². The molecular weight excluding hydrogens is 350 g/mol. The first-order chi connectivity index (χ1) is 13.2. The number of hydrogen-bond acceptors (Lipinski definition) is 2. The quantitative estimate of drug-likeness (QED) is 0.690. The van der Waals surface area contributed by atoms with Gasteiger partial charge < -0.3 is 15.6 Å². The minimum Gasteiger partial charge on any atom is -0.364 e. The number of aromatic nitrogens is 1. The molecule has 0 aliphatic carbocycles. The highest BCUT2D eigenvalue weighted by Gasteiger charge is 2.16. The van der Waals surface area contributed by atoms with Gasteiger partial charge in [0.25, 0.3) is 5.91 Å². The van der Waals surface area contributed by atoms with Crippen molar-refractivity contribution < 1.29 is 9.59 Å². The van der Waals surface area contributed by atoms with Crippen LogP contribution in [0, 0.1) is 0 Å². The fourth-order valence-electron chi connectivity index (χ4n) is 3.27. The van der Waals surface area contributed by atoms with Crippen molar-refractivity contribution in [2.45, 2.75) is 46.1 Å². The number of carbonyl (C=O) groups excluding carboxylic acids is 2. The lowest BCUT2D eigenvalue weighted by molar-refractivity contribution is -0.115. The Balaban J connectivity index is 1.98. The van der Waals surface area contributed by atoms with Gasteiger partial charge in [-0.2, -0.15) is 0 Å². The molecule has 0 saturated heterocycles. The molecule has 2 amide bonds. The van der Waals surface area contributed by atoms with Crippen LogP contribution in [0.4, 0.5) is 5.69 Å². The van der Waals surface area contributed by atoms with Crippen LogP contribution in [0.5, 0.6) is 0 Å². The number of hydrogen-bond donors (Lipinski definition) is 2. The average molecular weight is 377 g/mol. The lowest BCUT2D eigenvalue weighted by atomic mass is 9.87. The Morgan fingerprint density at radius 1 is 1.04 bits per heavy atom. The van der Waals surface area contributed by atoms with Crippen molar-refractivity contribution in [2.24, 2.45) is 5.73 Å². The third-order valence-electron chi connectivity index (χ3n) is 4.92. The second-order valence-corrected chi connectivity index (χ2v) is 8.10. The fraction of sp³-hybridized carbons (Fsp3) is 0.304. The van der Waals surface area contributed by atoms with E-state index in [9.17, 15) is 9.59 Å². The number of carbonyl (C=O) groups is 2. The Hall–Kier alpha value is -3.08. The van der Waals surface area contributed by atoms with Crippen LogP contribution >= 0.6 is 0 Å². The summed E-state index contributed by atoms with van der Waals surface area (Å²) in [5.74, 6) is -0.519. The summed E-state index contributed by atoms with van der Waals surface area (Å²) in [6.07, 6.45) is 0.413. The second-order valence-electron chi connectivity index (χ2n) is 8.10. The van der Waals surface area contributed by atoms with Crippen molar-refractivity contribution in [2.75, 3.05) is 5.32 Å². The molecule has 0 radical (unpaired) electrons. The molecule has 3 rings (SSSR count). The summed E-state index contributed by atoms with van der Waals surface area (Å²) in [6.45, 7) is 8.90. The molecule has 3 N–H and O–H groups in total. The number of amides is 2. The van der Waals surface area contributed by atoms with Crippen LogP contribution in [0.15, 0.2) is 48.5 Å². The molecule has 1 heterocycles. The van der Waals surface area contributed by atoms with Crippen LogP contribution < -0.4 is 11.1 Å². The third kappa shape index (κ3) is 4.09. The van der Waals surface area contributed by atoms with E-state index in [1.165, 1.54) is 5.56 Å². The number of nitrogens with one attached hydrogen (secondary N) is 1. The normalized spacial score (nSPS) is 11.6. The van der Waals surface area contributed by atoms with Crippen LogP contribution in [0.1, 0.15) is 55.7 Å². The number of anilines is 1. The molecule has 0 bridgehead atoms. The number of nitrogens with zero attached hydrogens (tertiary/aromatic N) is 1. The van der Waals surface area contributed by atoms with Gasteiger partial charge in [0.1, 0.15) is 5.69 Å². The first-order valence-electron chi connectivity index (χ1n) is 9.51. The van der Waals surface area contributed by atoms with Gasteiger partial charge in [0.15, 0.2) is 0 Å².